The van der Waals surface area contributed by atoms with Gasteiger partial charge < -0.3 is 24.8 Å². The van der Waals surface area contributed by atoms with Gasteiger partial charge in [0.25, 0.3) is 0 Å². The summed E-state index contributed by atoms with van der Waals surface area (Å²) in [7, 11) is 1.62. The lowest BCUT2D eigenvalue weighted by Gasteiger charge is -2.14. The normalized spacial score (nSPS) is 17.2. The van der Waals surface area contributed by atoms with Crippen molar-refractivity contribution in [1.29, 1.82) is 0 Å². The molecule has 1 saturated heterocycles. The first-order valence-electron chi connectivity index (χ1n) is 7.14. The van der Waals surface area contributed by atoms with Crippen molar-refractivity contribution in [3.8, 4) is 11.5 Å². The molecule has 2 amide bonds. The maximum atomic E-state index is 11.1. The van der Waals surface area contributed by atoms with E-state index < -0.39 is 0 Å². The van der Waals surface area contributed by atoms with Gasteiger partial charge >= 0.3 is 6.03 Å². The summed E-state index contributed by atoms with van der Waals surface area (Å²) in [5.74, 6) is 1.40. The number of hydrogen-bond acceptors (Lipinski definition) is 4. The summed E-state index contributed by atoms with van der Waals surface area (Å²) in [5.41, 5.74) is 1.09. The van der Waals surface area contributed by atoms with Crippen LogP contribution in [-0.4, -0.2) is 45.5 Å². The van der Waals surface area contributed by atoms with E-state index in [9.17, 15) is 4.79 Å². The molecule has 0 aliphatic carbocycles. The zero-order chi connectivity index (χ0) is 15.1. The van der Waals surface area contributed by atoms with Crippen molar-refractivity contribution >= 4 is 6.03 Å². The van der Waals surface area contributed by atoms with Crippen LogP contribution in [0.5, 0.6) is 11.5 Å². The zero-order valence-corrected chi connectivity index (χ0v) is 12.5. The Kier molecular flexibility index (Phi) is 5.68. The first-order chi connectivity index (χ1) is 10.2. The van der Waals surface area contributed by atoms with Gasteiger partial charge in [0.05, 0.1) is 19.8 Å². The molecule has 1 aliphatic heterocycles. The number of nitrogens with one attached hydrogen (secondary N) is 2. The molecule has 1 unspecified atom stereocenters. The van der Waals surface area contributed by atoms with Crippen molar-refractivity contribution < 1.29 is 19.0 Å². The number of urea groups is 1. The van der Waals surface area contributed by atoms with Crippen LogP contribution in [-0.2, 0) is 11.2 Å². The van der Waals surface area contributed by atoms with Crippen molar-refractivity contribution in [3.05, 3.63) is 23.8 Å². The summed E-state index contributed by atoms with van der Waals surface area (Å²) >= 11 is 0. The number of ether oxygens (including phenoxy) is 3. The molecular formula is C15H22N2O4. The molecule has 0 bridgehead atoms. The molecule has 1 heterocycles. The molecule has 0 spiro atoms. The Labute approximate surface area is 124 Å². The van der Waals surface area contributed by atoms with Crippen molar-refractivity contribution in [1.82, 2.24) is 10.6 Å². The SMILES string of the molecule is CCOCCOc1cc(CC2CNC(=O)N2)ccc1OC. The largest absolute Gasteiger partial charge is 0.493 e. The van der Waals surface area contributed by atoms with Crippen molar-refractivity contribution in [3.63, 3.8) is 0 Å². The van der Waals surface area contributed by atoms with E-state index in [1.165, 1.54) is 0 Å². The molecule has 1 aromatic rings. The van der Waals surface area contributed by atoms with Gasteiger partial charge in [-0.25, -0.2) is 4.79 Å². The van der Waals surface area contributed by atoms with E-state index in [0.717, 1.165) is 12.0 Å². The third-order valence-corrected chi connectivity index (χ3v) is 3.24. The molecule has 0 radical (unpaired) electrons. The van der Waals surface area contributed by atoms with Crippen LogP contribution in [0.3, 0.4) is 0 Å². The molecule has 1 aromatic carbocycles. The number of carbonyl (C=O) groups excluding carboxylic acids is 1. The lowest BCUT2D eigenvalue weighted by atomic mass is 10.1. The fourth-order valence-corrected chi connectivity index (χ4v) is 2.23. The first kappa shape index (κ1) is 15.4. The number of methoxy groups -OCH3 is 1. The number of carbonyl (C=O) groups is 1. The molecule has 0 saturated carbocycles. The van der Waals surface area contributed by atoms with Gasteiger partial charge in [0, 0.05) is 13.2 Å². The standard InChI is InChI=1S/C15H22N2O4/c1-3-20-6-7-21-14-9-11(4-5-13(14)19-2)8-12-10-16-15(18)17-12/h4-5,9,12H,3,6-8,10H2,1-2H3,(H2,16,17,18). The molecule has 116 valence electrons. The molecular weight excluding hydrogens is 272 g/mol. The van der Waals surface area contributed by atoms with Gasteiger partial charge in [0.15, 0.2) is 11.5 Å². The molecule has 21 heavy (non-hydrogen) atoms. The average Bonchev–Trinajstić information content (AvgIpc) is 2.89. The van der Waals surface area contributed by atoms with E-state index in [2.05, 4.69) is 10.6 Å². The Bertz CT molecular complexity index is 479. The van der Waals surface area contributed by atoms with Crippen LogP contribution in [0, 0.1) is 0 Å². The highest BCUT2D eigenvalue weighted by atomic mass is 16.5. The fraction of sp³-hybridized carbons (Fsp3) is 0.533. The van der Waals surface area contributed by atoms with Crippen LogP contribution in [0.15, 0.2) is 18.2 Å². The Morgan fingerprint density at radius 3 is 2.81 bits per heavy atom. The predicted octanol–water partition coefficient (Wildman–Crippen LogP) is 1.33. The van der Waals surface area contributed by atoms with E-state index in [-0.39, 0.29) is 12.1 Å². The minimum atomic E-state index is -0.110. The van der Waals surface area contributed by atoms with Gasteiger partial charge in [-0.3, -0.25) is 0 Å². The Balaban J connectivity index is 1.97. The summed E-state index contributed by atoms with van der Waals surface area (Å²) in [5, 5.41) is 5.62. The quantitative estimate of drug-likeness (QED) is 0.710. The maximum Gasteiger partial charge on any atom is 0.315 e. The van der Waals surface area contributed by atoms with E-state index in [4.69, 9.17) is 14.2 Å². The van der Waals surface area contributed by atoms with Gasteiger partial charge in [-0.05, 0) is 31.0 Å². The molecule has 1 fully saturated rings. The molecule has 2 rings (SSSR count). The van der Waals surface area contributed by atoms with E-state index in [1.54, 1.807) is 7.11 Å². The number of hydrogen-bond donors (Lipinski definition) is 2. The van der Waals surface area contributed by atoms with Gasteiger partial charge in [-0.1, -0.05) is 6.07 Å². The summed E-state index contributed by atoms with van der Waals surface area (Å²) in [6.45, 7) is 4.30. The molecule has 6 heteroatoms. The Morgan fingerprint density at radius 1 is 1.29 bits per heavy atom. The van der Waals surface area contributed by atoms with Crippen LogP contribution in [0.2, 0.25) is 0 Å². The second kappa shape index (κ2) is 7.73. The van der Waals surface area contributed by atoms with Crippen LogP contribution in [0.4, 0.5) is 4.79 Å². The fourth-order valence-electron chi connectivity index (χ4n) is 2.23. The zero-order valence-electron chi connectivity index (χ0n) is 12.5. The summed E-state index contributed by atoms with van der Waals surface area (Å²) in [4.78, 5) is 11.1. The molecule has 1 atom stereocenters. The Morgan fingerprint density at radius 2 is 2.14 bits per heavy atom. The van der Waals surface area contributed by atoms with Crippen LogP contribution < -0.4 is 20.1 Å². The van der Waals surface area contributed by atoms with Crippen molar-refractivity contribution in [2.75, 3.05) is 33.5 Å². The summed E-state index contributed by atoms with van der Waals surface area (Å²) < 4.78 is 16.3. The lowest BCUT2D eigenvalue weighted by Crippen LogP contribution is -2.28. The Hall–Kier alpha value is -1.95. The summed E-state index contributed by atoms with van der Waals surface area (Å²) in [6.07, 6.45) is 0.755. The van der Waals surface area contributed by atoms with Gasteiger partial charge in [-0.2, -0.15) is 0 Å². The molecule has 2 N–H and O–H groups in total. The first-order valence-corrected chi connectivity index (χ1v) is 7.14. The average molecular weight is 294 g/mol. The third kappa shape index (κ3) is 4.53. The number of amides is 2. The second-order valence-electron chi connectivity index (χ2n) is 4.79. The monoisotopic (exact) mass is 294 g/mol. The highest BCUT2D eigenvalue weighted by molar-refractivity contribution is 5.76. The van der Waals surface area contributed by atoms with Crippen LogP contribution >= 0.6 is 0 Å². The number of rotatable bonds is 8. The highest BCUT2D eigenvalue weighted by Gasteiger charge is 2.20. The van der Waals surface area contributed by atoms with Crippen molar-refractivity contribution in [2.24, 2.45) is 0 Å². The third-order valence-electron chi connectivity index (χ3n) is 3.24. The van der Waals surface area contributed by atoms with E-state index in [0.29, 0.717) is 37.9 Å². The van der Waals surface area contributed by atoms with E-state index in [1.807, 2.05) is 25.1 Å². The molecule has 1 aliphatic rings. The topological polar surface area (TPSA) is 68.8 Å². The van der Waals surface area contributed by atoms with Crippen LogP contribution in [0.1, 0.15) is 12.5 Å². The minimum absolute atomic E-state index is 0.110. The number of benzene rings is 1. The molecule has 6 nitrogen and oxygen atoms in total. The van der Waals surface area contributed by atoms with Crippen LogP contribution in [0.25, 0.3) is 0 Å². The maximum absolute atomic E-state index is 11.1. The predicted molar refractivity (Wildman–Crippen MR) is 79.0 cm³/mol. The van der Waals surface area contributed by atoms with Gasteiger partial charge in [0.2, 0.25) is 0 Å². The minimum Gasteiger partial charge on any atom is -0.493 e. The second-order valence-corrected chi connectivity index (χ2v) is 4.79. The smallest absolute Gasteiger partial charge is 0.315 e. The summed E-state index contributed by atoms with van der Waals surface area (Å²) in [6, 6.07) is 5.83. The van der Waals surface area contributed by atoms with Crippen molar-refractivity contribution in [2.45, 2.75) is 19.4 Å². The van der Waals surface area contributed by atoms with E-state index >= 15 is 0 Å². The lowest BCUT2D eigenvalue weighted by molar-refractivity contribution is 0.109. The molecule has 0 aromatic heterocycles. The van der Waals surface area contributed by atoms with Gasteiger partial charge in [0.1, 0.15) is 6.61 Å². The van der Waals surface area contributed by atoms with Gasteiger partial charge in [-0.15, -0.1) is 0 Å². The highest BCUT2D eigenvalue weighted by Crippen LogP contribution is 2.28.